The van der Waals surface area contributed by atoms with Crippen molar-refractivity contribution in [3.05, 3.63) is 133 Å². The maximum absolute atomic E-state index is 6.56. The molecule has 0 saturated carbocycles. The number of ether oxygens (including phenoxy) is 2. The number of fused-ring (bicyclic) bond motifs is 7. The van der Waals surface area contributed by atoms with E-state index in [1.165, 1.54) is 21.9 Å². The van der Waals surface area contributed by atoms with Crippen molar-refractivity contribution in [3.8, 4) is 39.8 Å². The summed E-state index contributed by atoms with van der Waals surface area (Å²) < 4.78 is 15.4. The van der Waals surface area contributed by atoms with E-state index in [0.717, 1.165) is 56.8 Å². The molecule has 2 aliphatic rings. The Morgan fingerprint density at radius 2 is 1.02 bits per heavy atom. The molecule has 9 rings (SSSR count). The van der Waals surface area contributed by atoms with E-state index in [4.69, 9.17) is 9.47 Å². The molecule has 0 atom stereocenters. The van der Waals surface area contributed by atoms with Gasteiger partial charge in [-0.05, 0) is 47.5 Å². The molecule has 0 N–H and O–H groups in total. The van der Waals surface area contributed by atoms with Crippen LogP contribution in [0.5, 0.6) is 23.0 Å². The third kappa shape index (κ3) is 2.96. The first-order chi connectivity index (χ1) is 19.8. The maximum atomic E-state index is 6.56. The Morgan fingerprint density at radius 3 is 1.75 bits per heavy atom. The second kappa shape index (κ2) is 8.01. The maximum Gasteiger partial charge on any atom is 0.157 e. The highest BCUT2D eigenvalue weighted by atomic mass is 16.5. The Kier molecular flexibility index (Phi) is 4.30. The van der Waals surface area contributed by atoms with Crippen LogP contribution in [0.1, 0.15) is 0 Å². The van der Waals surface area contributed by atoms with Crippen molar-refractivity contribution in [3.63, 3.8) is 0 Å². The zero-order chi connectivity index (χ0) is 26.2. The largest absolute Gasteiger partial charge is 0.453 e. The summed E-state index contributed by atoms with van der Waals surface area (Å²) >= 11 is 0. The molecule has 0 spiro atoms. The molecule has 4 nitrogen and oxygen atoms in total. The normalized spacial score (nSPS) is 12.8. The number of hydrogen-bond donors (Lipinski definition) is 0. The summed E-state index contributed by atoms with van der Waals surface area (Å²) in [5.74, 6) is 3.18. The standard InChI is InChI=1S/C36H22N2O2/c1-2-10-23(11-3-1)24-18-19-27-26-12-4-5-13-28(26)37(31(27)20-24)25-21-34-36-35(22-25)40-33-17-9-7-15-30(33)38(36)29-14-6-8-16-32(29)39-34/h1-22H. The number of nitrogens with zero attached hydrogens (tertiary/aromatic N) is 2. The van der Waals surface area contributed by atoms with Gasteiger partial charge in [-0.1, -0.05) is 84.9 Å². The van der Waals surface area contributed by atoms with Gasteiger partial charge in [0.25, 0.3) is 0 Å². The summed E-state index contributed by atoms with van der Waals surface area (Å²) in [6, 6.07) is 46.5. The van der Waals surface area contributed by atoms with Crippen LogP contribution in [0.3, 0.4) is 0 Å². The lowest BCUT2D eigenvalue weighted by Crippen LogP contribution is -2.20. The number of anilines is 3. The summed E-state index contributed by atoms with van der Waals surface area (Å²) in [6.45, 7) is 0. The smallest absolute Gasteiger partial charge is 0.157 e. The van der Waals surface area contributed by atoms with E-state index in [0.29, 0.717) is 0 Å². The van der Waals surface area contributed by atoms with E-state index in [1.807, 2.05) is 36.4 Å². The SMILES string of the molecule is c1ccc(-c2ccc3c4ccccc4n(-c4cc5c6c(c4)Oc4ccccc4N6c4ccccc4O5)c3c2)cc1. The van der Waals surface area contributed by atoms with Crippen LogP contribution in [0.4, 0.5) is 17.1 Å². The van der Waals surface area contributed by atoms with Gasteiger partial charge >= 0.3 is 0 Å². The van der Waals surface area contributed by atoms with Gasteiger partial charge in [0.1, 0.15) is 5.69 Å². The number of aromatic nitrogens is 1. The lowest BCUT2D eigenvalue weighted by molar-refractivity contribution is 0.445. The van der Waals surface area contributed by atoms with Crippen LogP contribution >= 0.6 is 0 Å². The van der Waals surface area contributed by atoms with E-state index in [2.05, 4.69) is 107 Å². The summed E-state index contributed by atoms with van der Waals surface area (Å²) in [5.41, 5.74) is 8.57. The first-order valence-corrected chi connectivity index (χ1v) is 13.4. The Hall–Kier alpha value is -5.48. The number of benzene rings is 6. The van der Waals surface area contributed by atoms with Gasteiger partial charge in [-0.25, -0.2) is 0 Å². The monoisotopic (exact) mass is 514 g/mol. The Balaban J connectivity index is 1.33. The molecule has 7 aromatic rings. The van der Waals surface area contributed by atoms with Crippen molar-refractivity contribution in [2.45, 2.75) is 0 Å². The number of para-hydroxylation sites is 5. The first-order valence-electron chi connectivity index (χ1n) is 13.4. The molecular formula is C36H22N2O2. The van der Waals surface area contributed by atoms with Crippen molar-refractivity contribution in [1.82, 2.24) is 4.57 Å². The minimum atomic E-state index is 0.769. The fourth-order valence-corrected chi connectivity index (χ4v) is 6.20. The average molecular weight is 515 g/mol. The molecule has 0 fully saturated rings. The minimum Gasteiger partial charge on any atom is -0.453 e. The molecule has 188 valence electrons. The van der Waals surface area contributed by atoms with Gasteiger partial charge in [0.2, 0.25) is 0 Å². The fraction of sp³-hybridized carbons (Fsp3) is 0. The van der Waals surface area contributed by atoms with E-state index < -0.39 is 0 Å². The number of rotatable bonds is 2. The van der Waals surface area contributed by atoms with E-state index in [1.54, 1.807) is 0 Å². The van der Waals surface area contributed by atoms with E-state index in [-0.39, 0.29) is 0 Å². The van der Waals surface area contributed by atoms with Gasteiger partial charge in [0.05, 0.1) is 28.1 Å². The molecule has 4 heteroatoms. The highest BCUT2D eigenvalue weighted by Gasteiger charge is 2.35. The summed E-state index contributed by atoms with van der Waals surface area (Å²) in [5, 5.41) is 2.42. The van der Waals surface area contributed by atoms with Gasteiger partial charge in [0, 0.05) is 22.9 Å². The van der Waals surface area contributed by atoms with Gasteiger partial charge in [-0.15, -0.1) is 0 Å². The second-order valence-corrected chi connectivity index (χ2v) is 10.2. The van der Waals surface area contributed by atoms with Crippen LogP contribution in [-0.2, 0) is 0 Å². The zero-order valence-corrected chi connectivity index (χ0v) is 21.4. The lowest BCUT2D eigenvalue weighted by atomic mass is 10.0. The first kappa shape index (κ1) is 21.5. The predicted molar refractivity (Wildman–Crippen MR) is 161 cm³/mol. The van der Waals surface area contributed by atoms with E-state index in [9.17, 15) is 0 Å². The van der Waals surface area contributed by atoms with Crippen molar-refractivity contribution in [2.24, 2.45) is 0 Å². The topological polar surface area (TPSA) is 26.6 Å². The molecule has 6 aromatic carbocycles. The van der Waals surface area contributed by atoms with Crippen LogP contribution in [0.2, 0.25) is 0 Å². The molecule has 0 unspecified atom stereocenters. The molecule has 1 aromatic heterocycles. The van der Waals surface area contributed by atoms with Crippen LogP contribution < -0.4 is 14.4 Å². The Labute approximate surface area is 230 Å². The fourth-order valence-electron chi connectivity index (χ4n) is 6.20. The van der Waals surface area contributed by atoms with Gasteiger partial charge in [-0.3, -0.25) is 4.90 Å². The highest BCUT2D eigenvalue weighted by Crippen LogP contribution is 2.60. The molecule has 40 heavy (non-hydrogen) atoms. The Morgan fingerprint density at radius 1 is 0.425 bits per heavy atom. The predicted octanol–water partition coefficient (Wildman–Crippen LogP) is 10.1. The summed E-state index contributed by atoms with van der Waals surface area (Å²) in [7, 11) is 0. The molecule has 2 aliphatic heterocycles. The third-order valence-electron chi connectivity index (χ3n) is 7.94. The summed E-state index contributed by atoms with van der Waals surface area (Å²) in [6.07, 6.45) is 0. The minimum absolute atomic E-state index is 0.769. The molecule has 0 amide bonds. The Bertz CT molecular complexity index is 2060. The van der Waals surface area contributed by atoms with E-state index >= 15 is 0 Å². The molecule has 3 heterocycles. The lowest BCUT2D eigenvalue weighted by Gasteiger charge is -2.38. The van der Waals surface area contributed by atoms with Gasteiger partial charge in [-0.2, -0.15) is 0 Å². The van der Waals surface area contributed by atoms with Gasteiger partial charge in [0.15, 0.2) is 23.0 Å². The molecular weight excluding hydrogens is 492 g/mol. The molecule has 0 aliphatic carbocycles. The van der Waals surface area contributed by atoms with Crippen LogP contribution in [0.25, 0.3) is 38.6 Å². The van der Waals surface area contributed by atoms with Crippen molar-refractivity contribution < 1.29 is 9.47 Å². The van der Waals surface area contributed by atoms with Crippen LogP contribution in [-0.4, -0.2) is 4.57 Å². The highest BCUT2D eigenvalue weighted by molar-refractivity contribution is 6.10. The van der Waals surface area contributed by atoms with Crippen molar-refractivity contribution in [1.29, 1.82) is 0 Å². The quantitative estimate of drug-likeness (QED) is 0.230. The zero-order valence-electron chi connectivity index (χ0n) is 21.4. The van der Waals surface area contributed by atoms with Gasteiger partial charge < -0.3 is 14.0 Å². The van der Waals surface area contributed by atoms with Crippen LogP contribution in [0, 0.1) is 0 Å². The molecule has 0 bridgehead atoms. The molecule has 0 saturated heterocycles. The van der Waals surface area contributed by atoms with Crippen molar-refractivity contribution >= 4 is 38.9 Å². The number of hydrogen-bond acceptors (Lipinski definition) is 3. The second-order valence-electron chi connectivity index (χ2n) is 10.2. The van der Waals surface area contributed by atoms with Crippen LogP contribution in [0.15, 0.2) is 133 Å². The molecule has 0 radical (unpaired) electrons. The van der Waals surface area contributed by atoms with Crippen molar-refractivity contribution in [2.75, 3.05) is 4.90 Å². The average Bonchev–Trinajstić information content (AvgIpc) is 3.35. The summed E-state index contributed by atoms with van der Waals surface area (Å²) in [4.78, 5) is 2.26. The third-order valence-corrected chi connectivity index (χ3v) is 7.94.